The van der Waals surface area contributed by atoms with Crippen molar-refractivity contribution < 1.29 is 0 Å². The molecular formula is C14H27N. The normalized spacial score (nSPS) is 30.1. The van der Waals surface area contributed by atoms with E-state index in [-0.39, 0.29) is 0 Å². The Balaban J connectivity index is 2.60. The van der Waals surface area contributed by atoms with Gasteiger partial charge in [-0.05, 0) is 63.5 Å². The van der Waals surface area contributed by atoms with E-state index in [0.29, 0.717) is 5.41 Å². The minimum atomic E-state index is 0.546. The van der Waals surface area contributed by atoms with Gasteiger partial charge in [-0.25, -0.2) is 0 Å². The molecule has 1 fully saturated rings. The lowest BCUT2D eigenvalue weighted by Gasteiger charge is -2.41. The van der Waals surface area contributed by atoms with Crippen LogP contribution in [0, 0.1) is 17.3 Å². The molecule has 0 aliphatic heterocycles. The van der Waals surface area contributed by atoms with Crippen LogP contribution in [0.15, 0.2) is 12.2 Å². The van der Waals surface area contributed by atoms with Crippen molar-refractivity contribution in [3.63, 3.8) is 0 Å². The van der Waals surface area contributed by atoms with Crippen LogP contribution in [-0.2, 0) is 0 Å². The highest BCUT2D eigenvalue weighted by molar-refractivity contribution is 4.96. The maximum absolute atomic E-state index is 4.07. The average molecular weight is 209 g/mol. The van der Waals surface area contributed by atoms with Crippen LogP contribution in [0.1, 0.15) is 46.5 Å². The number of hydrogen-bond donors (Lipinski definition) is 1. The van der Waals surface area contributed by atoms with E-state index in [1.54, 1.807) is 0 Å². The van der Waals surface area contributed by atoms with Gasteiger partial charge in [0.25, 0.3) is 0 Å². The molecule has 0 bridgehead atoms. The molecule has 1 aliphatic rings. The zero-order valence-corrected chi connectivity index (χ0v) is 10.9. The topological polar surface area (TPSA) is 12.0 Å². The molecule has 1 N–H and O–H groups in total. The molecule has 0 aromatic carbocycles. The first-order chi connectivity index (χ1) is 6.94. The van der Waals surface area contributed by atoms with Crippen LogP contribution in [0.3, 0.4) is 0 Å². The van der Waals surface area contributed by atoms with Crippen LogP contribution in [-0.4, -0.2) is 13.6 Å². The SMILES string of the molecule is C=C(C)CC1CC(C)(C)CCC1CNC. The molecule has 1 nitrogen and oxygen atoms in total. The van der Waals surface area contributed by atoms with E-state index in [4.69, 9.17) is 0 Å². The van der Waals surface area contributed by atoms with Crippen LogP contribution in [0.25, 0.3) is 0 Å². The molecule has 1 aliphatic carbocycles. The van der Waals surface area contributed by atoms with E-state index in [1.165, 1.54) is 37.8 Å². The van der Waals surface area contributed by atoms with Gasteiger partial charge in [0.15, 0.2) is 0 Å². The standard InChI is InChI=1S/C14H27N/c1-11(2)8-13-9-14(3,4)7-6-12(13)10-15-5/h12-13,15H,1,6-10H2,2-5H3. The second kappa shape index (κ2) is 5.16. The summed E-state index contributed by atoms with van der Waals surface area (Å²) < 4.78 is 0. The quantitative estimate of drug-likeness (QED) is 0.697. The van der Waals surface area contributed by atoms with Gasteiger partial charge in [-0.2, -0.15) is 0 Å². The molecule has 88 valence electrons. The van der Waals surface area contributed by atoms with Crippen molar-refractivity contribution in [2.75, 3.05) is 13.6 Å². The van der Waals surface area contributed by atoms with Crippen molar-refractivity contribution in [2.45, 2.75) is 46.5 Å². The fraction of sp³-hybridized carbons (Fsp3) is 0.857. The van der Waals surface area contributed by atoms with Gasteiger partial charge in [0.05, 0.1) is 0 Å². The zero-order chi connectivity index (χ0) is 11.5. The number of rotatable bonds is 4. The molecule has 1 rings (SSSR count). The molecule has 2 unspecified atom stereocenters. The highest BCUT2D eigenvalue weighted by Crippen LogP contribution is 2.43. The molecule has 1 saturated carbocycles. The third-order valence-electron chi connectivity index (χ3n) is 3.75. The van der Waals surface area contributed by atoms with Gasteiger partial charge >= 0.3 is 0 Å². The third-order valence-corrected chi connectivity index (χ3v) is 3.75. The first-order valence-electron chi connectivity index (χ1n) is 6.23. The van der Waals surface area contributed by atoms with Crippen LogP contribution >= 0.6 is 0 Å². The Bertz CT molecular complexity index is 217. The number of allylic oxidation sites excluding steroid dienone is 1. The number of nitrogens with one attached hydrogen (secondary N) is 1. The monoisotopic (exact) mass is 209 g/mol. The second-order valence-corrected chi connectivity index (χ2v) is 6.15. The summed E-state index contributed by atoms with van der Waals surface area (Å²) in [7, 11) is 2.07. The zero-order valence-electron chi connectivity index (χ0n) is 10.9. The summed E-state index contributed by atoms with van der Waals surface area (Å²) in [6.45, 7) is 12.2. The predicted octanol–water partition coefficient (Wildman–Crippen LogP) is 3.61. The Morgan fingerprint density at radius 1 is 1.40 bits per heavy atom. The van der Waals surface area contributed by atoms with Crippen molar-refractivity contribution in [3.05, 3.63) is 12.2 Å². The van der Waals surface area contributed by atoms with Gasteiger partial charge < -0.3 is 5.32 Å². The van der Waals surface area contributed by atoms with Crippen molar-refractivity contribution in [1.29, 1.82) is 0 Å². The molecule has 2 atom stereocenters. The molecule has 0 aromatic rings. The summed E-state index contributed by atoms with van der Waals surface area (Å²) in [6, 6.07) is 0. The summed E-state index contributed by atoms with van der Waals surface area (Å²) in [4.78, 5) is 0. The summed E-state index contributed by atoms with van der Waals surface area (Å²) in [5.74, 6) is 1.71. The maximum Gasteiger partial charge on any atom is -0.00208 e. The minimum Gasteiger partial charge on any atom is -0.319 e. The highest BCUT2D eigenvalue weighted by Gasteiger charge is 2.34. The lowest BCUT2D eigenvalue weighted by Crippen LogP contribution is -2.35. The molecule has 1 heteroatoms. The van der Waals surface area contributed by atoms with E-state index in [1.807, 2.05) is 0 Å². The lowest BCUT2D eigenvalue weighted by atomic mass is 9.65. The minimum absolute atomic E-state index is 0.546. The summed E-state index contributed by atoms with van der Waals surface area (Å²) in [5, 5.41) is 3.34. The van der Waals surface area contributed by atoms with Crippen LogP contribution < -0.4 is 5.32 Å². The summed E-state index contributed by atoms with van der Waals surface area (Å²) >= 11 is 0. The maximum atomic E-state index is 4.07. The molecular weight excluding hydrogens is 182 g/mol. The van der Waals surface area contributed by atoms with E-state index in [2.05, 4.69) is 39.7 Å². The Morgan fingerprint density at radius 2 is 2.07 bits per heavy atom. The third kappa shape index (κ3) is 3.98. The molecule has 15 heavy (non-hydrogen) atoms. The van der Waals surface area contributed by atoms with Gasteiger partial charge in [-0.1, -0.05) is 19.4 Å². The molecule has 0 amide bonds. The smallest absolute Gasteiger partial charge is 0.00208 e. The van der Waals surface area contributed by atoms with Gasteiger partial charge in [-0.15, -0.1) is 6.58 Å². The van der Waals surface area contributed by atoms with Crippen LogP contribution in [0.2, 0.25) is 0 Å². The van der Waals surface area contributed by atoms with Crippen LogP contribution in [0.4, 0.5) is 0 Å². The molecule has 0 heterocycles. The molecule has 0 aromatic heterocycles. The molecule has 0 radical (unpaired) electrons. The summed E-state index contributed by atoms with van der Waals surface area (Å²) in [6.07, 6.45) is 5.35. The van der Waals surface area contributed by atoms with Gasteiger partial charge in [-0.3, -0.25) is 0 Å². The van der Waals surface area contributed by atoms with Crippen molar-refractivity contribution in [2.24, 2.45) is 17.3 Å². The van der Waals surface area contributed by atoms with Gasteiger partial charge in [0, 0.05) is 0 Å². The largest absolute Gasteiger partial charge is 0.319 e. The Hall–Kier alpha value is -0.300. The van der Waals surface area contributed by atoms with E-state index in [9.17, 15) is 0 Å². The first kappa shape index (κ1) is 12.8. The molecule has 0 spiro atoms. The van der Waals surface area contributed by atoms with E-state index in [0.717, 1.165) is 11.8 Å². The molecule has 0 saturated heterocycles. The van der Waals surface area contributed by atoms with Crippen molar-refractivity contribution in [1.82, 2.24) is 5.32 Å². The van der Waals surface area contributed by atoms with Crippen molar-refractivity contribution >= 4 is 0 Å². The Kier molecular flexibility index (Phi) is 4.39. The van der Waals surface area contributed by atoms with Gasteiger partial charge in [0.2, 0.25) is 0 Å². The van der Waals surface area contributed by atoms with E-state index >= 15 is 0 Å². The van der Waals surface area contributed by atoms with Crippen molar-refractivity contribution in [3.8, 4) is 0 Å². The first-order valence-corrected chi connectivity index (χ1v) is 6.23. The summed E-state index contributed by atoms with van der Waals surface area (Å²) in [5.41, 5.74) is 1.89. The predicted molar refractivity (Wildman–Crippen MR) is 68.0 cm³/mol. The van der Waals surface area contributed by atoms with E-state index < -0.39 is 0 Å². The van der Waals surface area contributed by atoms with Crippen LogP contribution in [0.5, 0.6) is 0 Å². The lowest BCUT2D eigenvalue weighted by molar-refractivity contribution is 0.117. The number of hydrogen-bond acceptors (Lipinski definition) is 1. The average Bonchev–Trinajstić information content (AvgIpc) is 2.08. The fourth-order valence-electron chi connectivity index (χ4n) is 3.01. The highest BCUT2D eigenvalue weighted by atomic mass is 14.8. The fourth-order valence-corrected chi connectivity index (χ4v) is 3.01. The van der Waals surface area contributed by atoms with Gasteiger partial charge in [0.1, 0.15) is 0 Å². The second-order valence-electron chi connectivity index (χ2n) is 6.15. The Labute approximate surface area is 95.3 Å². The Morgan fingerprint density at radius 3 is 2.60 bits per heavy atom.